The molecule has 0 bridgehead atoms. The summed E-state index contributed by atoms with van der Waals surface area (Å²) in [6, 6.07) is 8.98. The summed E-state index contributed by atoms with van der Waals surface area (Å²) in [6.45, 7) is 4.25. The van der Waals surface area contributed by atoms with Gasteiger partial charge in [0.2, 0.25) is 0 Å². The molecule has 2 rings (SSSR count). The van der Waals surface area contributed by atoms with Crippen LogP contribution >= 0.6 is 0 Å². The third kappa shape index (κ3) is 5.01. The second kappa shape index (κ2) is 7.41. The summed E-state index contributed by atoms with van der Waals surface area (Å²) in [5.41, 5.74) is 0.479. The lowest BCUT2D eigenvalue weighted by molar-refractivity contribution is 0.0184. The van der Waals surface area contributed by atoms with Gasteiger partial charge in [0.25, 0.3) is 0 Å². The van der Waals surface area contributed by atoms with Crippen LogP contribution in [0.25, 0.3) is 0 Å². The van der Waals surface area contributed by atoms with E-state index < -0.39 is 6.10 Å². The molecule has 0 saturated carbocycles. The number of hydrogen-bond donors (Lipinski definition) is 2. The highest BCUT2D eigenvalue weighted by Crippen LogP contribution is 2.18. The molecule has 0 aromatic heterocycles. The van der Waals surface area contributed by atoms with Crippen molar-refractivity contribution in [2.75, 3.05) is 26.4 Å². The average molecular weight is 290 g/mol. The number of rotatable bonds is 6. The number of nitriles is 1. The minimum absolute atomic E-state index is 0.0695. The zero-order valence-electron chi connectivity index (χ0n) is 12.3. The first-order valence-corrected chi connectivity index (χ1v) is 7.25. The first-order valence-electron chi connectivity index (χ1n) is 7.25. The molecule has 1 aliphatic rings. The molecule has 2 unspecified atom stereocenters. The summed E-state index contributed by atoms with van der Waals surface area (Å²) in [7, 11) is 0. The fourth-order valence-corrected chi connectivity index (χ4v) is 2.34. The topological polar surface area (TPSA) is 74.5 Å². The largest absolute Gasteiger partial charge is 0.491 e. The van der Waals surface area contributed by atoms with Gasteiger partial charge in [-0.1, -0.05) is 6.07 Å². The summed E-state index contributed by atoms with van der Waals surface area (Å²) in [5, 5.41) is 22.2. The highest BCUT2D eigenvalue weighted by molar-refractivity contribution is 5.36. The van der Waals surface area contributed by atoms with Gasteiger partial charge in [-0.05, 0) is 38.0 Å². The van der Waals surface area contributed by atoms with Crippen molar-refractivity contribution in [1.29, 1.82) is 5.26 Å². The molecule has 1 aliphatic heterocycles. The Morgan fingerprint density at radius 1 is 1.57 bits per heavy atom. The van der Waals surface area contributed by atoms with E-state index in [0.717, 1.165) is 19.4 Å². The van der Waals surface area contributed by atoms with Gasteiger partial charge >= 0.3 is 0 Å². The molecular formula is C16H22N2O3. The van der Waals surface area contributed by atoms with Crippen LogP contribution in [-0.4, -0.2) is 43.1 Å². The van der Waals surface area contributed by atoms with Gasteiger partial charge in [-0.2, -0.15) is 5.26 Å². The second-order valence-corrected chi connectivity index (χ2v) is 5.70. The van der Waals surface area contributed by atoms with Crippen molar-refractivity contribution in [3.63, 3.8) is 0 Å². The van der Waals surface area contributed by atoms with E-state index in [2.05, 4.69) is 18.3 Å². The van der Waals surface area contributed by atoms with Gasteiger partial charge in [-0.3, -0.25) is 0 Å². The SMILES string of the molecule is CC1(NCC(O)COc2cccc(C#N)c2)CCCOC1. The maximum Gasteiger partial charge on any atom is 0.120 e. The normalized spacial score (nSPS) is 23.3. The molecule has 0 radical (unpaired) electrons. The van der Waals surface area contributed by atoms with E-state index >= 15 is 0 Å². The van der Waals surface area contributed by atoms with Crippen molar-refractivity contribution in [3.05, 3.63) is 29.8 Å². The van der Waals surface area contributed by atoms with Gasteiger partial charge in [0.15, 0.2) is 0 Å². The Hall–Kier alpha value is -1.61. The van der Waals surface area contributed by atoms with E-state index in [4.69, 9.17) is 14.7 Å². The molecule has 1 aromatic carbocycles. The van der Waals surface area contributed by atoms with Gasteiger partial charge < -0.3 is 19.9 Å². The van der Waals surface area contributed by atoms with Gasteiger partial charge in [0, 0.05) is 18.7 Å². The van der Waals surface area contributed by atoms with E-state index in [-0.39, 0.29) is 12.1 Å². The minimum atomic E-state index is -0.602. The number of nitrogens with zero attached hydrogens (tertiary/aromatic N) is 1. The maximum absolute atomic E-state index is 9.99. The molecule has 5 heteroatoms. The lowest BCUT2D eigenvalue weighted by Gasteiger charge is -2.35. The molecule has 0 aliphatic carbocycles. The third-order valence-corrected chi connectivity index (χ3v) is 3.61. The number of aliphatic hydroxyl groups is 1. The Bertz CT molecular complexity index is 493. The molecule has 21 heavy (non-hydrogen) atoms. The second-order valence-electron chi connectivity index (χ2n) is 5.70. The Morgan fingerprint density at radius 3 is 3.14 bits per heavy atom. The summed E-state index contributed by atoms with van der Waals surface area (Å²) in [5.74, 6) is 0.598. The van der Waals surface area contributed by atoms with Crippen molar-refractivity contribution >= 4 is 0 Å². The molecule has 1 aromatic rings. The zero-order valence-corrected chi connectivity index (χ0v) is 12.3. The smallest absolute Gasteiger partial charge is 0.120 e. The van der Waals surface area contributed by atoms with Gasteiger partial charge in [0.05, 0.1) is 18.2 Å². The minimum Gasteiger partial charge on any atom is -0.491 e. The lowest BCUT2D eigenvalue weighted by Crippen LogP contribution is -2.51. The fraction of sp³-hybridized carbons (Fsp3) is 0.562. The maximum atomic E-state index is 9.99. The molecule has 2 atom stereocenters. The van der Waals surface area contributed by atoms with E-state index in [0.29, 0.717) is 24.5 Å². The lowest BCUT2D eigenvalue weighted by atomic mass is 9.95. The first kappa shape index (κ1) is 15.8. The van der Waals surface area contributed by atoms with Crippen LogP contribution in [0.5, 0.6) is 5.75 Å². The van der Waals surface area contributed by atoms with Crippen LogP contribution in [0, 0.1) is 11.3 Å². The highest BCUT2D eigenvalue weighted by atomic mass is 16.5. The first-order chi connectivity index (χ1) is 10.1. The number of β-amino-alcohol motifs (C(OH)–C–C–N with tert-alkyl or cyclic N) is 1. The van der Waals surface area contributed by atoms with E-state index in [1.165, 1.54) is 0 Å². The van der Waals surface area contributed by atoms with Crippen LogP contribution in [0.1, 0.15) is 25.3 Å². The molecule has 1 fully saturated rings. The summed E-state index contributed by atoms with van der Waals surface area (Å²) in [6.07, 6.45) is 1.48. The molecule has 2 N–H and O–H groups in total. The summed E-state index contributed by atoms with van der Waals surface area (Å²) >= 11 is 0. The zero-order chi connectivity index (χ0) is 15.1. The van der Waals surface area contributed by atoms with Crippen molar-refractivity contribution < 1.29 is 14.6 Å². The highest BCUT2D eigenvalue weighted by Gasteiger charge is 2.27. The van der Waals surface area contributed by atoms with Crippen LogP contribution < -0.4 is 10.1 Å². The number of hydrogen-bond acceptors (Lipinski definition) is 5. The summed E-state index contributed by atoms with van der Waals surface area (Å²) < 4.78 is 11.0. The molecule has 0 spiro atoms. The number of aliphatic hydroxyl groups excluding tert-OH is 1. The molecule has 1 saturated heterocycles. The van der Waals surface area contributed by atoms with E-state index in [1.807, 2.05) is 0 Å². The summed E-state index contributed by atoms with van der Waals surface area (Å²) in [4.78, 5) is 0. The Morgan fingerprint density at radius 2 is 2.43 bits per heavy atom. The number of ether oxygens (including phenoxy) is 2. The van der Waals surface area contributed by atoms with Crippen LogP contribution in [0.2, 0.25) is 0 Å². The number of nitrogens with one attached hydrogen (secondary N) is 1. The van der Waals surface area contributed by atoms with Crippen molar-refractivity contribution in [2.24, 2.45) is 0 Å². The monoisotopic (exact) mass is 290 g/mol. The van der Waals surface area contributed by atoms with Gasteiger partial charge in [-0.15, -0.1) is 0 Å². The average Bonchev–Trinajstić information content (AvgIpc) is 2.52. The van der Waals surface area contributed by atoms with Gasteiger partial charge in [0.1, 0.15) is 18.5 Å². The number of benzene rings is 1. The fourth-order valence-electron chi connectivity index (χ4n) is 2.34. The predicted molar refractivity (Wildman–Crippen MR) is 79.1 cm³/mol. The Kier molecular flexibility index (Phi) is 5.57. The Balaban J connectivity index is 1.74. The standard InChI is InChI=1S/C16H22N2O3/c1-16(6-3-7-20-12-16)18-10-14(19)11-21-15-5-2-4-13(8-15)9-17/h2,4-5,8,14,18-19H,3,6-7,10-12H2,1H3. The predicted octanol–water partition coefficient (Wildman–Crippen LogP) is 1.46. The molecule has 114 valence electrons. The van der Waals surface area contributed by atoms with E-state index in [9.17, 15) is 5.11 Å². The molecular weight excluding hydrogens is 268 g/mol. The Labute approximate surface area is 125 Å². The van der Waals surface area contributed by atoms with Crippen molar-refractivity contribution in [3.8, 4) is 11.8 Å². The van der Waals surface area contributed by atoms with E-state index in [1.54, 1.807) is 24.3 Å². The van der Waals surface area contributed by atoms with Gasteiger partial charge in [-0.25, -0.2) is 0 Å². The third-order valence-electron chi connectivity index (χ3n) is 3.61. The van der Waals surface area contributed by atoms with Crippen LogP contribution in [0.4, 0.5) is 0 Å². The van der Waals surface area contributed by atoms with Crippen LogP contribution in [0.3, 0.4) is 0 Å². The molecule has 5 nitrogen and oxygen atoms in total. The van der Waals surface area contributed by atoms with Crippen LogP contribution in [-0.2, 0) is 4.74 Å². The van der Waals surface area contributed by atoms with Crippen molar-refractivity contribution in [1.82, 2.24) is 5.32 Å². The van der Waals surface area contributed by atoms with Crippen molar-refractivity contribution in [2.45, 2.75) is 31.4 Å². The quantitative estimate of drug-likeness (QED) is 0.829. The molecule has 1 heterocycles. The van der Waals surface area contributed by atoms with Crippen LogP contribution in [0.15, 0.2) is 24.3 Å². The molecule has 0 amide bonds.